The number of hydrogen-bond donors (Lipinski definition) is 0. The predicted molar refractivity (Wildman–Crippen MR) is 110 cm³/mol. The van der Waals surface area contributed by atoms with E-state index in [0.29, 0.717) is 6.42 Å². The van der Waals surface area contributed by atoms with Gasteiger partial charge in [0.25, 0.3) is 0 Å². The van der Waals surface area contributed by atoms with Gasteiger partial charge in [0.2, 0.25) is 0 Å². The molecule has 2 aliphatic rings. The summed E-state index contributed by atoms with van der Waals surface area (Å²) in [5.74, 6) is -0.965. The number of aliphatic carboxylic acids is 1. The van der Waals surface area contributed by atoms with Crippen molar-refractivity contribution in [3.8, 4) is 0 Å². The first-order chi connectivity index (χ1) is 13.0. The summed E-state index contributed by atoms with van der Waals surface area (Å²) in [6.45, 7) is 5.46. The van der Waals surface area contributed by atoms with Gasteiger partial charge in [-0.25, -0.2) is 0 Å². The zero-order valence-electron chi connectivity index (χ0n) is 15.8. The molecule has 0 radical (unpaired) electrons. The van der Waals surface area contributed by atoms with Gasteiger partial charge in [0.1, 0.15) is 4.87 Å². The van der Waals surface area contributed by atoms with E-state index in [9.17, 15) is 9.90 Å². The lowest BCUT2D eigenvalue weighted by Gasteiger charge is -2.47. The normalized spacial score (nSPS) is 21.9. The molecule has 2 aliphatic heterocycles. The van der Waals surface area contributed by atoms with Crippen LogP contribution in [0.3, 0.4) is 0 Å². The number of nitrogens with zero attached hydrogens (tertiary/aromatic N) is 1. The Labute approximate surface area is 165 Å². The molecule has 140 valence electrons. The third-order valence-electron chi connectivity index (χ3n) is 5.85. The Kier molecular flexibility index (Phi) is 4.55. The first-order valence-electron chi connectivity index (χ1n) is 9.50. The van der Waals surface area contributed by atoms with Gasteiger partial charge in [-0.3, -0.25) is 0 Å². The van der Waals surface area contributed by atoms with Crippen molar-refractivity contribution in [2.45, 2.75) is 48.3 Å². The number of hydrogen-bond acceptors (Lipinski definition) is 4. The summed E-state index contributed by atoms with van der Waals surface area (Å²) in [5.41, 5.74) is 3.79. The summed E-state index contributed by atoms with van der Waals surface area (Å²) < 4.78 is 0. The summed E-state index contributed by atoms with van der Waals surface area (Å²) in [6.07, 6.45) is 6.18. The van der Waals surface area contributed by atoms with Crippen LogP contribution in [0.15, 0.2) is 59.5 Å². The smallest absolute Gasteiger partial charge is 0.119 e. The van der Waals surface area contributed by atoms with Crippen LogP contribution in [0.25, 0.3) is 6.08 Å². The molecule has 2 heterocycles. The minimum atomic E-state index is -0.965. The Balaban J connectivity index is 1.73. The molecule has 1 spiro atoms. The molecule has 0 aliphatic carbocycles. The summed E-state index contributed by atoms with van der Waals surface area (Å²) in [4.78, 5) is 14.3. The molecule has 0 bridgehead atoms. The summed E-state index contributed by atoms with van der Waals surface area (Å²) in [7, 11) is 0. The van der Waals surface area contributed by atoms with Gasteiger partial charge >= 0.3 is 0 Å². The van der Waals surface area contributed by atoms with Gasteiger partial charge < -0.3 is 14.8 Å². The molecule has 1 unspecified atom stereocenters. The minimum absolute atomic E-state index is 0.0767. The van der Waals surface area contributed by atoms with E-state index < -0.39 is 5.97 Å². The summed E-state index contributed by atoms with van der Waals surface area (Å²) >= 11 is 1.91. The van der Waals surface area contributed by atoms with Crippen molar-refractivity contribution in [2.75, 3.05) is 11.4 Å². The van der Waals surface area contributed by atoms with Crippen LogP contribution in [-0.2, 0) is 10.2 Å². The Morgan fingerprint density at radius 3 is 2.63 bits per heavy atom. The van der Waals surface area contributed by atoms with Gasteiger partial charge in [0.05, 0.1) is 0 Å². The lowest BCUT2D eigenvalue weighted by atomic mass is 9.79. The van der Waals surface area contributed by atoms with Crippen molar-refractivity contribution in [3.63, 3.8) is 0 Å². The van der Waals surface area contributed by atoms with E-state index in [1.165, 1.54) is 21.7 Å². The van der Waals surface area contributed by atoms with E-state index in [0.717, 1.165) is 13.0 Å². The molecule has 4 heteroatoms. The topological polar surface area (TPSA) is 43.4 Å². The fourth-order valence-corrected chi connectivity index (χ4v) is 5.91. The maximum absolute atomic E-state index is 10.8. The van der Waals surface area contributed by atoms with Gasteiger partial charge in [0, 0.05) is 28.5 Å². The molecule has 0 N–H and O–H groups in total. The second-order valence-electron chi connectivity index (χ2n) is 7.79. The van der Waals surface area contributed by atoms with Gasteiger partial charge in [-0.1, -0.05) is 68.1 Å². The molecule has 0 saturated heterocycles. The second-order valence-corrected chi connectivity index (χ2v) is 9.06. The molecule has 1 atom stereocenters. The molecular formula is C23H24NO2S-. The van der Waals surface area contributed by atoms with Crippen LogP contribution >= 0.6 is 11.8 Å². The standard InChI is InChI=1S/C23H25NO2S/c1-22(2)18-10-4-5-11-19(18)24(16-8-7-13-21(25)26)23(22)15-14-17-9-3-6-12-20(17)27-23/h3-6,9-12,14-15H,7-8,13,16H2,1-2H3,(H,25,26)/p-1. The van der Waals surface area contributed by atoms with Crippen LogP contribution in [-0.4, -0.2) is 17.4 Å². The number of fused-ring (bicyclic) bond motifs is 2. The molecule has 0 aromatic heterocycles. The third kappa shape index (κ3) is 2.87. The van der Waals surface area contributed by atoms with Crippen molar-refractivity contribution in [2.24, 2.45) is 0 Å². The van der Waals surface area contributed by atoms with Gasteiger partial charge in [-0.2, -0.15) is 0 Å². The highest BCUT2D eigenvalue weighted by molar-refractivity contribution is 8.01. The molecular weight excluding hydrogens is 354 g/mol. The quantitative estimate of drug-likeness (QED) is 0.731. The van der Waals surface area contributed by atoms with Crippen LogP contribution < -0.4 is 10.0 Å². The number of unbranched alkanes of at least 4 members (excludes halogenated alkanes) is 1. The Morgan fingerprint density at radius 1 is 1.07 bits per heavy atom. The number of thioether (sulfide) groups is 1. The first kappa shape index (κ1) is 18.2. The van der Waals surface area contributed by atoms with Crippen LogP contribution in [0, 0.1) is 0 Å². The number of carboxylic acids is 1. The summed E-state index contributed by atoms with van der Waals surface area (Å²) in [6, 6.07) is 17.1. The van der Waals surface area contributed by atoms with E-state index in [1.54, 1.807) is 0 Å². The lowest BCUT2D eigenvalue weighted by Crippen LogP contribution is -2.52. The number of carbonyl (C=O) groups is 1. The summed E-state index contributed by atoms with van der Waals surface area (Å²) in [5, 5.41) is 10.8. The molecule has 0 saturated carbocycles. The average molecular weight is 379 g/mol. The Bertz CT molecular complexity index is 905. The fourth-order valence-electron chi connectivity index (χ4n) is 4.37. The van der Waals surface area contributed by atoms with E-state index in [4.69, 9.17) is 0 Å². The van der Waals surface area contributed by atoms with Crippen molar-refractivity contribution in [3.05, 3.63) is 65.7 Å². The molecule has 27 heavy (non-hydrogen) atoms. The van der Waals surface area contributed by atoms with Crippen LogP contribution in [0.5, 0.6) is 0 Å². The van der Waals surface area contributed by atoms with Crippen LogP contribution in [0.4, 0.5) is 5.69 Å². The van der Waals surface area contributed by atoms with Gasteiger partial charge in [0.15, 0.2) is 0 Å². The number of anilines is 1. The highest BCUT2D eigenvalue weighted by Crippen LogP contribution is 2.61. The maximum Gasteiger partial charge on any atom is 0.119 e. The number of carboxylic acid groups (broad SMARTS) is 1. The zero-order valence-corrected chi connectivity index (χ0v) is 16.6. The average Bonchev–Trinajstić information content (AvgIpc) is 2.83. The van der Waals surface area contributed by atoms with Crippen LogP contribution in [0.2, 0.25) is 0 Å². The highest BCUT2D eigenvalue weighted by atomic mass is 32.2. The van der Waals surface area contributed by atoms with E-state index in [-0.39, 0.29) is 16.7 Å². The number of para-hydroxylation sites is 1. The van der Waals surface area contributed by atoms with E-state index in [1.807, 2.05) is 11.8 Å². The minimum Gasteiger partial charge on any atom is -0.550 e. The highest BCUT2D eigenvalue weighted by Gasteiger charge is 2.56. The van der Waals surface area contributed by atoms with Gasteiger partial charge in [-0.15, -0.1) is 0 Å². The second kappa shape index (κ2) is 6.75. The lowest BCUT2D eigenvalue weighted by molar-refractivity contribution is -0.305. The number of rotatable bonds is 5. The largest absolute Gasteiger partial charge is 0.550 e. The number of benzene rings is 2. The predicted octanol–water partition coefficient (Wildman–Crippen LogP) is 4.22. The SMILES string of the molecule is CC1(C)c2ccccc2N(CCCCC(=O)[O-])C12C=Cc1ccccc1S2. The zero-order chi connectivity index (χ0) is 19.1. The first-order valence-corrected chi connectivity index (χ1v) is 10.3. The maximum atomic E-state index is 10.8. The third-order valence-corrected chi connectivity index (χ3v) is 7.62. The van der Waals surface area contributed by atoms with Crippen molar-refractivity contribution in [1.82, 2.24) is 0 Å². The monoisotopic (exact) mass is 378 g/mol. The molecule has 2 aromatic rings. The van der Waals surface area contributed by atoms with Gasteiger partial charge in [-0.05, 0) is 48.6 Å². The van der Waals surface area contributed by atoms with E-state index >= 15 is 0 Å². The molecule has 4 rings (SSSR count). The van der Waals surface area contributed by atoms with Crippen molar-refractivity contribution in [1.29, 1.82) is 0 Å². The van der Waals surface area contributed by atoms with Crippen molar-refractivity contribution < 1.29 is 9.90 Å². The molecule has 0 amide bonds. The Hall–Kier alpha value is -2.20. The fraction of sp³-hybridized carbons (Fsp3) is 0.348. The van der Waals surface area contributed by atoms with E-state index in [2.05, 4.69) is 79.4 Å². The number of carbonyl (C=O) groups excluding carboxylic acids is 1. The van der Waals surface area contributed by atoms with Crippen LogP contribution in [0.1, 0.15) is 44.2 Å². The Morgan fingerprint density at radius 2 is 1.81 bits per heavy atom. The molecule has 0 fully saturated rings. The van der Waals surface area contributed by atoms with Crippen molar-refractivity contribution >= 4 is 29.5 Å². The molecule has 2 aromatic carbocycles. The molecule has 3 nitrogen and oxygen atoms in total.